The van der Waals surface area contributed by atoms with Gasteiger partial charge < -0.3 is 19.3 Å². The molecule has 0 spiro atoms. The molecule has 2 amide bonds. The van der Waals surface area contributed by atoms with Crippen LogP contribution in [0.25, 0.3) is 0 Å². The Balaban J connectivity index is 2.28. The summed E-state index contributed by atoms with van der Waals surface area (Å²) < 4.78 is 10.6. The quantitative estimate of drug-likeness (QED) is 0.137. The van der Waals surface area contributed by atoms with Gasteiger partial charge in [-0.2, -0.15) is 5.26 Å². The van der Waals surface area contributed by atoms with Crippen molar-refractivity contribution in [3.8, 4) is 6.07 Å². The molecule has 1 saturated heterocycles. The summed E-state index contributed by atoms with van der Waals surface area (Å²) in [5, 5.41) is 9.33. The van der Waals surface area contributed by atoms with Crippen LogP contribution in [0, 0.1) is 24.2 Å². The first kappa shape index (κ1) is 29.7. The third-order valence-corrected chi connectivity index (χ3v) is 6.00. The number of amides is 2. The van der Waals surface area contributed by atoms with Crippen molar-refractivity contribution in [2.45, 2.75) is 34.1 Å². The Morgan fingerprint density at radius 3 is 2.46 bits per heavy atom. The molecule has 200 valence electrons. The first-order valence-electron chi connectivity index (χ1n) is 12.4. The van der Waals surface area contributed by atoms with Crippen LogP contribution in [0.15, 0.2) is 29.5 Å². The lowest BCUT2D eigenvalue weighted by atomic mass is 9.93. The maximum atomic E-state index is 13.7. The van der Waals surface area contributed by atoms with Crippen LogP contribution in [0.3, 0.4) is 0 Å². The van der Waals surface area contributed by atoms with E-state index in [0.717, 1.165) is 13.1 Å². The molecule has 1 aromatic rings. The monoisotopic (exact) mass is 512 g/mol. The Morgan fingerprint density at radius 1 is 1.22 bits per heavy atom. The highest BCUT2D eigenvalue weighted by Gasteiger charge is 2.30. The van der Waals surface area contributed by atoms with E-state index in [9.17, 15) is 24.4 Å². The molecule has 0 aromatic heterocycles. The van der Waals surface area contributed by atoms with Crippen molar-refractivity contribution in [2.75, 3.05) is 53.2 Å². The first-order chi connectivity index (χ1) is 17.6. The van der Waals surface area contributed by atoms with E-state index in [1.54, 1.807) is 39.8 Å². The topological polar surface area (TPSA) is 120 Å². The number of esters is 1. The number of allylic oxidation sites excluding steroid dienone is 1. The van der Waals surface area contributed by atoms with Crippen molar-refractivity contribution in [3.63, 3.8) is 0 Å². The number of rotatable bonds is 12. The van der Waals surface area contributed by atoms with Gasteiger partial charge in [-0.1, -0.05) is 13.8 Å². The second kappa shape index (κ2) is 14.3. The number of Topliss-reactive ketones (excluding diaryl/α,β-unsaturated/α-hetero) is 1. The van der Waals surface area contributed by atoms with E-state index in [2.05, 4.69) is 4.90 Å². The number of hydrogen-bond acceptors (Lipinski definition) is 8. The van der Waals surface area contributed by atoms with Crippen molar-refractivity contribution in [1.82, 2.24) is 14.7 Å². The predicted octanol–water partition coefficient (Wildman–Crippen LogP) is 2.12. The fraction of sp³-hybridized carbons (Fsp3) is 0.519. The van der Waals surface area contributed by atoms with Crippen LogP contribution in [0.2, 0.25) is 0 Å². The molecule has 1 aliphatic rings. The summed E-state index contributed by atoms with van der Waals surface area (Å²) >= 11 is 0. The summed E-state index contributed by atoms with van der Waals surface area (Å²) in [4.78, 5) is 55.9. The van der Waals surface area contributed by atoms with E-state index >= 15 is 0 Å². The Labute approximate surface area is 218 Å². The third-order valence-electron chi connectivity index (χ3n) is 6.00. The summed E-state index contributed by atoms with van der Waals surface area (Å²) in [5.41, 5.74) is 1.27. The summed E-state index contributed by atoms with van der Waals surface area (Å²) in [6, 6.07) is 6.73. The highest BCUT2D eigenvalue weighted by atomic mass is 16.5. The van der Waals surface area contributed by atoms with Crippen LogP contribution in [-0.2, 0) is 23.9 Å². The number of ether oxygens (including phenoxy) is 2. The largest absolute Gasteiger partial charge is 0.444 e. The Kier molecular flexibility index (Phi) is 11.4. The fourth-order valence-corrected chi connectivity index (χ4v) is 4.01. The second-order valence-corrected chi connectivity index (χ2v) is 9.19. The molecule has 0 unspecified atom stereocenters. The highest BCUT2D eigenvalue weighted by molar-refractivity contribution is 6.14. The molecular formula is C27H36N4O6. The van der Waals surface area contributed by atoms with Gasteiger partial charge in [0, 0.05) is 44.4 Å². The van der Waals surface area contributed by atoms with Crippen LogP contribution in [0.1, 0.15) is 48.7 Å². The molecule has 0 N–H and O–H groups in total. The standard InChI is InChI=1S/C27H36N4O6/c1-6-31(17-32)25(26(34)22-14-20(4)13-21(15-22)16-28)24(19(2)3)27(35)29(5)18-37-23(33)7-8-30-9-11-36-12-10-30/h13-15,17,19H,6-12,18H2,1-5H3/b25-24-. The number of likely N-dealkylation sites (N-methyl/N-ethyl adjacent to an activating group) is 2. The lowest BCUT2D eigenvalue weighted by Gasteiger charge is -2.27. The lowest BCUT2D eigenvalue weighted by Crippen LogP contribution is -2.39. The summed E-state index contributed by atoms with van der Waals surface area (Å²) in [6.07, 6.45) is 0.692. The maximum Gasteiger partial charge on any atom is 0.308 e. The normalized spacial score (nSPS) is 14.4. The zero-order valence-corrected chi connectivity index (χ0v) is 22.3. The average Bonchev–Trinajstić information content (AvgIpc) is 2.89. The Hall–Kier alpha value is -3.55. The van der Waals surface area contributed by atoms with Gasteiger partial charge in [-0.25, -0.2) is 0 Å². The van der Waals surface area contributed by atoms with Crippen LogP contribution < -0.4 is 0 Å². The van der Waals surface area contributed by atoms with Gasteiger partial charge in [0.2, 0.25) is 12.2 Å². The lowest BCUT2D eigenvalue weighted by molar-refractivity contribution is -0.151. The summed E-state index contributed by atoms with van der Waals surface area (Å²) in [5.74, 6) is -1.94. The van der Waals surface area contributed by atoms with Crippen molar-refractivity contribution >= 4 is 24.1 Å². The molecule has 10 heteroatoms. The number of morpholine rings is 1. The number of carbonyl (C=O) groups excluding carboxylic acids is 4. The van der Waals surface area contributed by atoms with E-state index in [4.69, 9.17) is 9.47 Å². The fourth-order valence-electron chi connectivity index (χ4n) is 4.01. The first-order valence-corrected chi connectivity index (χ1v) is 12.4. The van der Waals surface area contributed by atoms with Crippen LogP contribution in [0.4, 0.5) is 0 Å². The number of nitrogens with zero attached hydrogens (tertiary/aromatic N) is 4. The van der Waals surface area contributed by atoms with Gasteiger partial charge in [0.25, 0.3) is 5.91 Å². The van der Waals surface area contributed by atoms with Crippen molar-refractivity contribution in [3.05, 3.63) is 46.2 Å². The molecule has 2 rings (SSSR count). The average molecular weight is 513 g/mol. The van der Waals surface area contributed by atoms with Crippen molar-refractivity contribution in [2.24, 2.45) is 5.92 Å². The summed E-state index contributed by atoms with van der Waals surface area (Å²) in [6.45, 7) is 10.1. The number of carbonyl (C=O) groups is 4. The van der Waals surface area contributed by atoms with E-state index in [-0.39, 0.29) is 36.5 Å². The summed E-state index contributed by atoms with van der Waals surface area (Å²) in [7, 11) is 1.47. The molecule has 0 aliphatic carbocycles. The van der Waals surface area contributed by atoms with Crippen LogP contribution in [0.5, 0.6) is 0 Å². The molecule has 0 bridgehead atoms. The molecule has 0 radical (unpaired) electrons. The smallest absolute Gasteiger partial charge is 0.308 e. The minimum Gasteiger partial charge on any atom is -0.444 e. The number of aryl methyl sites for hydroxylation is 1. The third kappa shape index (κ3) is 8.23. The minimum atomic E-state index is -0.540. The van der Waals surface area contributed by atoms with Gasteiger partial charge in [0.15, 0.2) is 6.73 Å². The van der Waals surface area contributed by atoms with E-state index < -0.39 is 23.6 Å². The molecule has 1 aromatic carbocycles. The minimum absolute atomic E-state index is 0.0579. The molecule has 10 nitrogen and oxygen atoms in total. The zero-order valence-electron chi connectivity index (χ0n) is 22.3. The van der Waals surface area contributed by atoms with E-state index in [1.807, 2.05) is 6.07 Å². The SMILES string of the molecule is CCN(C=O)/C(C(=O)c1cc(C)cc(C#N)c1)=C(\C(=O)N(C)COC(=O)CCN1CCOCC1)C(C)C. The Morgan fingerprint density at radius 2 is 1.89 bits per heavy atom. The molecule has 0 atom stereocenters. The number of hydrogen-bond donors (Lipinski definition) is 0. The molecular weight excluding hydrogens is 476 g/mol. The second-order valence-electron chi connectivity index (χ2n) is 9.19. The van der Waals surface area contributed by atoms with Gasteiger partial charge >= 0.3 is 5.97 Å². The highest BCUT2D eigenvalue weighted by Crippen LogP contribution is 2.25. The van der Waals surface area contributed by atoms with E-state index in [1.165, 1.54) is 22.9 Å². The molecule has 1 aliphatic heterocycles. The number of benzene rings is 1. The zero-order chi connectivity index (χ0) is 27.5. The predicted molar refractivity (Wildman–Crippen MR) is 136 cm³/mol. The van der Waals surface area contributed by atoms with Crippen molar-refractivity contribution in [1.29, 1.82) is 5.26 Å². The maximum absolute atomic E-state index is 13.7. The Bertz CT molecular complexity index is 1070. The van der Waals surface area contributed by atoms with E-state index in [0.29, 0.717) is 37.3 Å². The van der Waals surface area contributed by atoms with Crippen molar-refractivity contribution < 1.29 is 28.7 Å². The molecule has 1 heterocycles. The van der Waals surface area contributed by atoms with Gasteiger partial charge in [-0.15, -0.1) is 0 Å². The number of ketones is 1. The van der Waals surface area contributed by atoms with Gasteiger partial charge in [-0.05, 0) is 43.5 Å². The van der Waals surface area contributed by atoms with Gasteiger partial charge in [0.1, 0.15) is 5.70 Å². The van der Waals surface area contributed by atoms with Gasteiger partial charge in [-0.3, -0.25) is 24.1 Å². The van der Waals surface area contributed by atoms with Crippen LogP contribution in [-0.4, -0.2) is 91.9 Å². The van der Waals surface area contributed by atoms with Crippen LogP contribution >= 0.6 is 0 Å². The number of nitriles is 1. The molecule has 37 heavy (non-hydrogen) atoms. The van der Waals surface area contributed by atoms with Gasteiger partial charge in [0.05, 0.1) is 31.3 Å². The molecule has 0 saturated carbocycles. The molecule has 1 fully saturated rings.